The van der Waals surface area contributed by atoms with Gasteiger partial charge in [0.25, 0.3) is 0 Å². The zero-order chi connectivity index (χ0) is 20.8. The van der Waals surface area contributed by atoms with Crippen molar-refractivity contribution in [2.24, 2.45) is 5.92 Å². The van der Waals surface area contributed by atoms with E-state index < -0.39 is 9.84 Å². The second-order valence-electron chi connectivity index (χ2n) is 8.36. The Kier molecular flexibility index (Phi) is 5.46. The van der Waals surface area contributed by atoms with Crippen LogP contribution in [0.2, 0.25) is 5.02 Å². The maximum absolute atomic E-state index is 13.1. The number of nitrogens with zero attached hydrogens (tertiary/aromatic N) is 3. The molecule has 0 aliphatic heterocycles. The molecule has 0 atom stereocenters. The topological polar surface area (TPSA) is 72.3 Å². The van der Waals surface area contributed by atoms with Crippen molar-refractivity contribution in [3.8, 4) is 0 Å². The van der Waals surface area contributed by atoms with Crippen LogP contribution in [-0.2, 0) is 26.9 Å². The zero-order valence-corrected chi connectivity index (χ0v) is 18.3. The van der Waals surface area contributed by atoms with E-state index in [2.05, 4.69) is 4.98 Å². The highest BCUT2D eigenvalue weighted by atomic mass is 35.5. The van der Waals surface area contributed by atoms with E-state index in [0.717, 1.165) is 31.4 Å². The van der Waals surface area contributed by atoms with E-state index in [1.807, 2.05) is 18.7 Å². The van der Waals surface area contributed by atoms with Gasteiger partial charge in [0.2, 0.25) is 20.9 Å². The average molecular weight is 436 g/mol. The first kappa shape index (κ1) is 20.4. The number of hydrogen-bond donors (Lipinski definition) is 0. The molecule has 1 aromatic carbocycles. The van der Waals surface area contributed by atoms with Gasteiger partial charge in [0.15, 0.2) is 0 Å². The molecule has 2 saturated carbocycles. The lowest BCUT2D eigenvalue weighted by Crippen LogP contribution is -2.34. The number of carbonyl (C=O) groups is 1. The summed E-state index contributed by atoms with van der Waals surface area (Å²) in [6.45, 7) is 4.29. The van der Waals surface area contributed by atoms with E-state index >= 15 is 0 Å². The molecule has 4 rings (SSSR count). The van der Waals surface area contributed by atoms with E-state index in [1.54, 1.807) is 35.0 Å². The van der Waals surface area contributed by atoms with Crippen molar-refractivity contribution in [2.45, 2.75) is 69.1 Å². The number of rotatable bonds is 8. The summed E-state index contributed by atoms with van der Waals surface area (Å²) in [6, 6.07) is 7.06. The molecule has 0 N–H and O–H groups in total. The number of hydrogen-bond acceptors (Lipinski definition) is 4. The SMILES string of the molecule is CC(C)n1c(CN(C(=O)C2CC2)C2CC2)cnc1S(=O)(=O)Cc1cccc(Cl)c1. The molecule has 8 heteroatoms. The summed E-state index contributed by atoms with van der Waals surface area (Å²) >= 11 is 6.01. The average Bonchev–Trinajstić information content (AvgIpc) is 3.55. The smallest absolute Gasteiger partial charge is 0.228 e. The Bertz CT molecular complexity index is 1020. The van der Waals surface area contributed by atoms with E-state index in [1.165, 1.54) is 0 Å². The normalized spacial score (nSPS) is 17.0. The Balaban J connectivity index is 1.63. The molecule has 156 valence electrons. The molecule has 2 aliphatic carbocycles. The first-order valence-electron chi connectivity index (χ1n) is 10.1. The maximum atomic E-state index is 13.1. The minimum atomic E-state index is -3.66. The first-order valence-corrected chi connectivity index (χ1v) is 12.1. The lowest BCUT2D eigenvalue weighted by molar-refractivity contribution is -0.133. The van der Waals surface area contributed by atoms with Gasteiger partial charge in [0.05, 0.1) is 24.2 Å². The molecule has 2 aromatic rings. The Hall–Kier alpha value is -1.86. The highest BCUT2D eigenvalue weighted by Gasteiger charge is 2.40. The zero-order valence-electron chi connectivity index (χ0n) is 16.7. The van der Waals surface area contributed by atoms with Crippen molar-refractivity contribution >= 4 is 27.3 Å². The van der Waals surface area contributed by atoms with Crippen molar-refractivity contribution in [1.82, 2.24) is 14.5 Å². The van der Waals surface area contributed by atoms with Gasteiger partial charge in [-0.05, 0) is 57.2 Å². The summed E-state index contributed by atoms with van der Waals surface area (Å²) in [5, 5.41) is 0.557. The van der Waals surface area contributed by atoms with E-state index in [4.69, 9.17) is 11.6 Å². The molecular weight excluding hydrogens is 410 g/mol. The van der Waals surface area contributed by atoms with Crippen LogP contribution in [0, 0.1) is 5.92 Å². The second-order valence-corrected chi connectivity index (χ2v) is 10.7. The minimum Gasteiger partial charge on any atom is -0.334 e. The van der Waals surface area contributed by atoms with Crippen LogP contribution in [0.5, 0.6) is 0 Å². The molecule has 1 heterocycles. The van der Waals surface area contributed by atoms with E-state index in [0.29, 0.717) is 17.1 Å². The molecule has 1 aromatic heterocycles. The molecule has 2 aliphatic rings. The highest BCUT2D eigenvalue weighted by molar-refractivity contribution is 7.90. The Morgan fingerprint density at radius 3 is 2.59 bits per heavy atom. The van der Waals surface area contributed by atoms with Crippen LogP contribution >= 0.6 is 11.6 Å². The van der Waals surface area contributed by atoms with E-state index in [9.17, 15) is 13.2 Å². The predicted molar refractivity (Wildman–Crippen MR) is 111 cm³/mol. The number of imidazole rings is 1. The van der Waals surface area contributed by atoms with Crippen LogP contribution in [-0.4, -0.2) is 34.8 Å². The number of halogens is 1. The second kappa shape index (κ2) is 7.76. The largest absolute Gasteiger partial charge is 0.334 e. The van der Waals surface area contributed by atoms with Gasteiger partial charge in [-0.2, -0.15) is 0 Å². The molecule has 0 bridgehead atoms. The Labute approximate surface area is 176 Å². The number of aromatic nitrogens is 2. The Morgan fingerprint density at radius 1 is 1.28 bits per heavy atom. The predicted octanol–water partition coefficient (Wildman–Crippen LogP) is 3.99. The van der Waals surface area contributed by atoms with Crippen molar-refractivity contribution in [1.29, 1.82) is 0 Å². The molecule has 0 spiro atoms. The van der Waals surface area contributed by atoms with Gasteiger partial charge in [0.1, 0.15) is 0 Å². The fraction of sp³-hybridized carbons (Fsp3) is 0.524. The summed E-state index contributed by atoms with van der Waals surface area (Å²) in [6.07, 6.45) is 5.58. The number of benzene rings is 1. The van der Waals surface area contributed by atoms with Crippen molar-refractivity contribution < 1.29 is 13.2 Å². The molecule has 0 radical (unpaired) electrons. The van der Waals surface area contributed by atoms with Crippen LogP contribution < -0.4 is 0 Å². The van der Waals surface area contributed by atoms with Crippen LogP contribution in [0.3, 0.4) is 0 Å². The molecule has 2 fully saturated rings. The van der Waals surface area contributed by atoms with Crippen molar-refractivity contribution in [3.05, 3.63) is 46.7 Å². The monoisotopic (exact) mass is 435 g/mol. The van der Waals surface area contributed by atoms with Gasteiger partial charge in [-0.25, -0.2) is 13.4 Å². The van der Waals surface area contributed by atoms with Crippen LogP contribution in [0.1, 0.15) is 56.8 Å². The summed E-state index contributed by atoms with van der Waals surface area (Å²) in [5.41, 5.74) is 1.39. The number of sulfone groups is 1. The fourth-order valence-corrected chi connectivity index (χ4v) is 5.50. The minimum absolute atomic E-state index is 0.0529. The van der Waals surface area contributed by atoms with Crippen LogP contribution in [0.4, 0.5) is 0 Å². The summed E-state index contributed by atoms with van der Waals surface area (Å²) < 4.78 is 28.0. The summed E-state index contributed by atoms with van der Waals surface area (Å²) in [5.74, 6) is 0.189. The fourth-order valence-electron chi connectivity index (χ4n) is 3.70. The van der Waals surface area contributed by atoms with Crippen LogP contribution in [0.25, 0.3) is 0 Å². The van der Waals surface area contributed by atoms with Crippen LogP contribution in [0.15, 0.2) is 35.6 Å². The third-order valence-corrected chi connectivity index (χ3v) is 7.22. The summed E-state index contributed by atoms with van der Waals surface area (Å²) in [7, 11) is -3.66. The quantitative estimate of drug-likeness (QED) is 0.628. The number of amides is 1. The number of carbonyl (C=O) groups excluding carboxylic acids is 1. The van der Waals surface area contributed by atoms with Gasteiger partial charge in [0, 0.05) is 23.0 Å². The molecule has 0 unspecified atom stereocenters. The summed E-state index contributed by atoms with van der Waals surface area (Å²) in [4.78, 5) is 18.9. The van der Waals surface area contributed by atoms with Gasteiger partial charge >= 0.3 is 0 Å². The third-order valence-electron chi connectivity index (χ3n) is 5.41. The molecule has 29 heavy (non-hydrogen) atoms. The molecule has 1 amide bonds. The third kappa shape index (κ3) is 4.51. The van der Waals surface area contributed by atoms with Gasteiger partial charge in [-0.1, -0.05) is 23.7 Å². The first-order chi connectivity index (χ1) is 13.8. The van der Waals surface area contributed by atoms with Gasteiger partial charge in [-0.3, -0.25) is 4.79 Å². The van der Waals surface area contributed by atoms with E-state index in [-0.39, 0.29) is 34.8 Å². The van der Waals surface area contributed by atoms with Gasteiger partial charge in [-0.15, -0.1) is 0 Å². The van der Waals surface area contributed by atoms with Gasteiger partial charge < -0.3 is 9.47 Å². The molecule has 6 nitrogen and oxygen atoms in total. The Morgan fingerprint density at radius 2 is 2.00 bits per heavy atom. The van der Waals surface area contributed by atoms with Crippen molar-refractivity contribution in [2.75, 3.05) is 0 Å². The maximum Gasteiger partial charge on any atom is 0.228 e. The lowest BCUT2D eigenvalue weighted by atomic mass is 10.2. The lowest BCUT2D eigenvalue weighted by Gasteiger charge is -2.24. The molecule has 0 saturated heterocycles. The molecular formula is C21H26ClN3O3S. The highest BCUT2D eigenvalue weighted by Crippen LogP contribution is 2.37. The standard InChI is InChI=1S/C21H26ClN3O3S/c1-14(2)25-19(12-24(18-8-9-18)20(26)16-6-7-16)11-23-21(25)29(27,28)13-15-4-3-5-17(22)10-15/h3-5,10-11,14,16,18H,6-9,12-13H2,1-2H3. The van der Waals surface area contributed by atoms with Crippen molar-refractivity contribution in [3.63, 3.8) is 0 Å².